The van der Waals surface area contributed by atoms with Gasteiger partial charge < -0.3 is 15.4 Å². The Kier molecular flexibility index (Phi) is 8.80. The van der Waals surface area contributed by atoms with Gasteiger partial charge in [0.1, 0.15) is 16.3 Å². The number of hydrogen-bond acceptors (Lipinski definition) is 7. The Morgan fingerprint density at radius 2 is 1.86 bits per heavy atom. The van der Waals surface area contributed by atoms with Crippen LogP contribution in [0.25, 0.3) is 5.69 Å². The van der Waals surface area contributed by atoms with Crippen LogP contribution < -0.4 is 10.6 Å². The molecule has 0 radical (unpaired) electrons. The van der Waals surface area contributed by atoms with Crippen LogP contribution in [0, 0.1) is 0 Å². The maximum absolute atomic E-state index is 13.8. The highest BCUT2D eigenvalue weighted by atomic mass is 32.1. The number of thiazole rings is 1. The van der Waals surface area contributed by atoms with Crippen molar-refractivity contribution < 1.29 is 27.5 Å². The zero-order valence-electron chi connectivity index (χ0n) is 24.7. The molecule has 232 valence electrons. The number of anilines is 1. The second-order valence-electron chi connectivity index (χ2n) is 11.6. The normalized spacial score (nSPS) is 14.4. The van der Waals surface area contributed by atoms with E-state index in [2.05, 4.69) is 25.6 Å². The fourth-order valence-corrected chi connectivity index (χ4v) is 5.57. The lowest BCUT2D eigenvalue weighted by Crippen LogP contribution is -2.32. The summed E-state index contributed by atoms with van der Waals surface area (Å²) in [6, 6.07) is 14.7. The fourth-order valence-electron chi connectivity index (χ4n) is 4.76. The van der Waals surface area contributed by atoms with Crippen molar-refractivity contribution >= 4 is 29.0 Å². The van der Waals surface area contributed by atoms with Gasteiger partial charge in [0, 0.05) is 35.9 Å². The molecule has 4 aromatic rings. The second-order valence-corrected chi connectivity index (χ2v) is 12.5. The van der Waals surface area contributed by atoms with E-state index in [4.69, 9.17) is 4.74 Å². The number of alkyl carbamates (subject to hydrolysis) is 1. The molecule has 1 atom stereocenters. The van der Waals surface area contributed by atoms with E-state index in [1.165, 1.54) is 6.07 Å². The average Bonchev–Trinajstić information content (AvgIpc) is 3.46. The van der Waals surface area contributed by atoms with Crippen molar-refractivity contribution in [3.05, 3.63) is 93.7 Å². The third-order valence-corrected chi connectivity index (χ3v) is 7.73. The molecule has 2 aromatic heterocycles. The van der Waals surface area contributed by atoms with Crippen molar-refractivity contribution in [1.29, 1.82) is 0 Å². The number of rotatable bonds is 9. The number of halogens is 3. The summed E-state index contributed by atoms with van der Waals surface area (Å²) in [7, 11) is 2.05. The van der Waals surface area contributed by atoms with Crippen LogP contribution >= 0.6 is 11.3 Å². The molecule has 5 rings (SSSR count). The van der Waals surface area contributed by atoms with Gasteiger partial charge >= 0.3 is 12.3 Å². The number of aromatic nitrogens is 3. The highest BCUT2D eigenvalue weighted by Crippen LogP contribution is 2.38. The fraction of sp³-hybridized carbons (Fsp3) is 0.355. The van der Waals surface area contributed by atoms with E-state index in [1.807, 2.05) is 24.6 Å². The van der Waals surface area contributed by atoms with Crippen molar-refractivity contribution in [3.63, 3.8) is 0 Å². The number of alkyl halides is 3. The topological polar surface area (TPSA) is 101 Å². The number of amides is 2. The van der Waals surface area contributed by atoms with E-state index >= 15 is 0 Å². The van der Waals surface area contributed by atoms with Gasteiger partial charge in [-0.2, -0.15) is 18.3 Å². The molecule has 1 saturated carbocycles. The summed E-state index contributed by atoms with van der Waals surface area (Å²) in [6.07, 6.45) is -1.47. The molecule has 1 unspecified atom stereocenters. The minimum atomic E-state index is -4.77. The zero-order chi connectivity index (χ0) is 31.6. The molecule has 2 amide bonds. The van der Waals surface area contributed by atoms with Crippen molar-refractivity contribution in [2.75, 3.05) is 12.4 Å². The lowest BCUT2D eigenvalue weighted by molar-refractivity contribution is -0.141. The molecule has 44 heavy (non-hydrogen) atoms. The lowest BCUT2D eigenvalue weighted by atomic mass is 10.0. The first-order chi connectivity index (χ1) is 20.8. The summed E-state index contributed by atoms with van der Waals surface area (Å²) in [6.45, 7) is 5.26. The minimum absolute atomic E-state index is 0.0556. The molecule has 0 saturated heterocycles. The van der Waals surface area contributed by atoms with Crippen LogP contribution in [0.15, 0.2) is 66.2 Å². The first-order valence-corrected chi connectivity index (χ1v) is 14.9. The highest BCUT2D eigenvalue weighted by Gasteiger charge is 2.37. The Labute approximate surface area is 257 Å². The summed E-state index contributed by atoms with van der Waals surface area (Å²) >= 11 is 1.54. The summed E-state index contributed by atoms with van der Waals surface area (Å²) in [4.78, 5) is 32.4. The van der Waals surface area contributed by atoms with Crippen molar-refractivity contribution in [2.45, 2.75) is 64.0 Å². The number of hydrogen-bond donors (Lipinski definition) is 2. The van der Waals surface area contributed by atoms with Crippen LogP contribution in [0.4, 0.5) is 23.7 Å². The van der Waals surface area contributed by atoms with Gasteiger partial charge in [-0.25, -0.2) is 14.5 Å². The van der Waals surface area contributed by atoms with Crippen LogP contribution in [-0.4, -0.2) is 50.4 Å². The smallest absolute Gasteiger partial charge is 0.435 e. The standard InChI is InChI=1S/C31H33F3N6O3S/c1-30(2,3)43-29(42)36-18-19-7-5-10-23(15-19)40-24(17-25(38-40)31(32,33)34)27(41)37-21-9-6-8-20(16-21)26(28-35-13-14-44-28)39(4)22-11-12-22/h5-10,13-17,22,26H,11-12,18H2,1-4H3,(H,36,42)(H,37,41). The van der Waals surface area contributed by atoms with Crippen molar-refractivity contribution in [2.24, 2.45) is 0 Å². The number of nitrogens with one attached hydrogen (secondary N) is 2. The molecule has 2 aromatic carbocycles. The van der Waals surface area contributed by atoms with Gasteiger partial charge in [-0.05, 0) is 76.1 Å². The summed E-state index contributed by atoms with van der Waals surface area (Å²) in [5.74, 6) is -0.760. The quantitative estimate of drug-likeness (QED) is 0.212. The van der Waals surface area contributed by atoms with Crippen LogP contribution in [0.2, 0.25) is 0 Å². The van der Waals surface area contributed by atoms with Crippen molar-refractivity contribution in [3.8, 4) is 5.69 Å². The summed E-state index contributed by atoms with van der Waals surface area (Å²) < 4.78 is 47.5. The first kappa shape index (κ1) is 31.2. The SMILES string of the molecule is CN(C1CC1)C(c1cccc(NC(=O)c2cc(C(F)(F)F)nn2-c2cccc(CNC(=O)OC(C)(C)C)c2)c1)c1nccs1. The molecule has 1 aliphatic rings. The molecule has 0 aliphatic heterocycles. The van der Waals surface area contributed by atoms with Gasteiger partial charge in [-0.3, -0.25) is 9.69 Å². The second kappa shape index (κ2) is 12.4. The van der Waals surface area contributed by atoms with Crippen LogP contribution in [0.5, 0.6) is 0 Å². The Morgan fingerprint density at radius 3 is 2.52 bits per heavy atom. The Balaban J connectivity index is 1.41. The average molecular weight is 627 g/mol. The Morgan fingerprint density at radius 1 is 1.11 bits per heavy atom. The van der Waals surface area contributed by atoms with Gasteiger partial charge in [0.2, 0.25) is 0 Å². The zero-order valence-corrected chi connectivity index (χ0v) is 25.5. The molecule has 2 N–H and O–H groups in total. The van der Waals surface area contributed by atoms with E-state index in [-0.39, 0.29) is 24.0 Å². The highest BCUT2D eigenvalue weighted by molar-refractivity contribution is 7.09. The van der Waals surface area contributed by atoms with E-state index in [1.54, 1.807) is 68.6 Å². The summed E-state index contributed by atoms with van der Waals surface area (Å²) in [5, 5.41) is 11.9. The van der Waals surface area contributed by atoms with Crippen LogP contribution in [0.1, 0.15) is 72.0 Å². The van der Waals surface area contributed by atoms with E-state index in [0.717, 1.165) is 34.2 Å². The van der Waals surface area contributed by atoms with E-state index < -0.39 is 29.5 Å². The predicted molar refractivity (Wildman–Crippen MR) is 161 cm³/mol. The molecular weight excluding hydrogens is 593 g/mol. The number of ether oxygens (including phenoxy) is 1. The Bertz CT molecular complexity index is 1630. The number of carbonyl (C=O) groups excluding carboxylic acids is 2. The van der Waals surface area contributed by atoms with Gasteiger partial charge in [0.05, 0.1) is 11.7 Å². The third kappa shape index (κ3) is 7.64. The Hall–Kier alpha value is -4.23. The lowest BCUT2D eigenvalue weighted by Gasteiger charge is -2.27. The summed E-state index contributed by atoms with van der Waals surface area (Å²) in [5.41, 5.74) is -0.0693. The van der Waals surface area contributed by atoms with Crippen LogP contribution in [-0.2, 0) is 17.5 Å². The van der Waals surface area contributed by atoms with Gasteiger partial charge in [-0.15, -0.1) is 11.3 Å². The van der Waals surface area contributed by atoms with Gasteiger partial charge in [0.15, 0.2) is 5.69 Å². The van der Waals surface area contributed by atoms with Crippen molar-refractivity contribution in [1.82, 2.24) is 25.0 Å². The largest absolute Gasteiger partial charge is 0.444 e. The van der Waals surface area contributed by atoms with E-state index in [9.17, 15) is 22.8 Å². The van der Waals surface area contributed by atoms with Gasteiger partial charge in [0.25, 0.3) is 5.91 Å². The molecule has 0 spiro atoms. The van der Waals surface area contributed by atoms with Crippen LogP contribution in [0.3, 0.4) is 0 Å². The maximum Gasteiger partial charge on any atom is 0.435 e. The predicted octanol–water partition coefficient (Wildman–Crippen LogP) is 6.81. The maximum atomic E-state index is 13.8. The third-order valence-electron chi connectivity index (χ3n) is 6.90. The number of benzene rings is 2. The molecule has 9 nitrogen and oxygen atoms in total. The molecular formula is C31H33F3N6O3S. The van der Waals surface area contributed by atoms with Gasteiger partial charge in [-0.1, -0.05) is 24.3 Å². The first-order valence-electron chi connectivity index (χ1n) is 14.0. The number of nitrogens with zero attached hydrogens (tertiary/aromatic N) is 4. The van der Waals surface area contributed by atoms with E-state index in [0.29, 0.717) is 17.3 Å². The molecule has 1 fully saturated rings. The molecule has 0 bridgehead atoms. The molecule has 13 heteroatoms. The molecule has 1 aliphatic carbocycles. The molecule has 2 heterocycles. The number of carbonyl (C=O) groups is 2. The monoisotopic (exact) mass is 626 g/mol. The minimum Gasteiger partial charge on any atom is -0.444 e.